The lowest BCUT2D eigenvalue weighted by Crippen LogP contribution is -1.97. The highest BCUT2D eigenvalue weighted by Gasteiger charge is 2.05. The van der Waals surface area contributed by atoms with Gasteiger partial charge in [-0.05, 0) is 48.1 Å². The van der Waals surface area contributed by atoms with Gasteiger partial charge in [0.1, 0.15) is 0 Å². The molecule has 2 aromatic rings. The second kappa shape index (κ2) is 8.63. The molecular weight excluding hydrogens is 254 g/mol. The Bertz CT molecular complexity index is 571. The molecule has 1 atom stereocenters. The molecular formula is C20H29N. The van der Waals surface area contributed by atoms with Crippen molar-refractivity contribution in [2.24, 2.45) is 5.73 Å². The van der Waals surface area contributed by atoms with Crippen LogP contribution in [-0.4, -0.2) is 6.54 Å². The molecule has 0 bridgehead atoms. The van der Waals surface area contributed by atoms with Gasteiger partial charge in [0.05, 0.1) is 0 Å². The zero-order valence-corrected chi connectivity index (χ0v) is 13.1. The van der Waals surface area contributed by atoms with E-state index in [1.807, 2.05) is 0 Å². The first-order valence-electron chi connectivity index (χ1n) is 8.17. The van der Waals surface area contributed by atoms with E-state index in [9.17, 15) is 0 Å². The fourth-order valence-corrected chi connectivity index (χ4v) is 2.81. The monoisotopic (exact) mass is 283 g/mol. The lowest BCUT2D eigenvalue weighted by atomic mass is 9.94. The van der Waals surface area contributed by atoms with Crippen LogP contribution >= 0.6 is 0 Å². The van der Waals surface area contributed by atoms with Gasteiger partial charge in [-0.2, -0.15) is 0 Å². The van der Waals surface area contributed by atoms with Crippen LogP contribution in [0, 0.1) is 0 Å². The second-order valence-electron chi connectivity index (χ2n) is 5.78. The van der Waals surface area contributed by atoms with Crippen molar-refractivity contribution < 1.29 is 1.43 Å². The fourth-order valence-electron chi connectivity index (χ4n) is 2.81. The van der Waals surface area contributed by atoms with E-state index in [1.165, 1.54) is 42.0 Å². The van der Waals surface area contributed by atoms with Gasteiger partial charge in [-0.3, -0.25) is 0 Å². The summed E-state index contributed by atoms with van der Waals surface area (Å²) in [5.41, 5.74) is 6.93. The number of allylic oxidation sites excluding steroid dienone is 2. The highest BCUT2D eigenvalue weighted by atomic mass is 14.5. The van der Waals surface area contributed by atoms with E-state index in [-0.39, 0.29) is 1.43 Å². The van der Waals surface area contributed by atoms with Crippen molar-refractivity contribution in [1.82, 2.24) is 0 Å². The van der Waals surface area contributed by atoms with Gasteiger partial charge in [0.2, 0.25) is 0 Å². The molecule has 0 aromatic heterocycles. The molecule has 2 N–H and O–H groups in total. The average Bonchev–Trinajstić information content (AvgIpc) is 2.53. The quantitative estimate of drug-likeness (QED) is 0.491. The molecule has 0 heterocycles. The number of hydrogen-bond acceptors (Lipinski definition) is 1. The molecule has 0 aliphatic carbocycles. The third-order valence-electron chi connectivity index (χ3n) is 4.06. The summed E-state index contributed by atoms with van der Waals surface area (Å²) in [6.45, 7) is 3.11. The Balaban J connectivity index is 0.00000242. The first-order valence-corrected chi connectivity index (χ1v) is 8.17. The van der Waals surface area contributed by atoms with E-state index >= 15 is 0 Å². The molecule has 0 saturated carbocycles. The van der Waals surface area contributed by atoms with E-state index < -0.39 is 0 Å². The standard InChI is InChI=1S/C20H27N.H2/c1-17(11-6-4-2-3-5-9-16-21)19-15-10-13-18-12-7-8-14-20(18)19;/h6-8,10-15,17H,2-5,9,16,21H2,1H3;1H/b11-6+;/t17-;/m1./s1. The Morgan fingerprint density at radius 1 is 1.00 bits per heavy atom. The maximum absolute atomic E-state index is 5.50. The molecule has 2 rings (SSSR count). The van der Waals surface area contributed by atoms with E-state index in [0.717, 1.165) is 13.0 Å². The maximum Gasteiger partial charge on any atom is 0 e. The molecule has 1 nitrogen and oxygen atoms in total. The van der Waals surface area contributed by atoms with Gasteiger partial charge in [0.15, 0.2) is 0 Å². The number of benzene rings is 2. The van der Waals surface area contributed by atoms with Crippen molar-refractivity contribution in [3.63, 3.8) is 0 Å². The minimum absolute atomic E-state index is 0. The predicted molar refractivity (Wildman–Crippen MR) is 95.8 cm³/mol. The number of rotatable bonds is 8. The summed E-state index contributed by atoms with van der Waals surface area (Å²) in [7, 11) is 0. The Hall–Kier alpha value is -1.60. The van der Waals surface area contributed by atoms with Crippen LogP contribution in [0.3, 0.4) is 0 Å². The van der Waals surface area contributed by atoms with Crippen molar-refractivity contribution in [3.05, 3.63) is 60.2 Å². The molecule has 2 aromatic carbocycles. The van der Waals surface area contributed by atoms with Crippen LogP contribution in [0.1, 0.15) is 51.9 Å². The predicted octanol–water partition coefficient (Wildman–Crippen LogP) is 5.65. The molecule has 114 valence electrons. The van der Waals surface area contributed by atoms with Crippen molar-refractivity contribution in [2.45, 2.75) is 44.9 Å². The highest BCUT2D eigenvalue weighted by molar-refractivity contribution is 5.86. The number of hydrogen-bond donors (Lipinski definition) is 1. The van der Waals surface area contributed by atoms with Crippen LogP contribution in [0.2, 0.25) is 0 Å². The van der Waals surface area contributed by atoms with Gasteiger partial charge in [0.25, 0.3) is 0 Å². The van der Waals surface area contributed by atoms with Gasteiger partial charge >= 0.3 is 0 Å². The van der Waals surface area contributed by atoms with E-state index in [1.54, 1.807) is 0 Å². The summed E-state index contributed by atoms with van der Waals surface area (Å²) in [5, 5.41) is 2.71. The number of fused-ring (bicyclic) bond motifs is 1. The SMILES string of the molecule is C[C@H](/C=C/CCCCCCN)c1cccc2ccccc12.[HH]. The van der Waals surface area contributed by atoms with Crippen LogP contribution in [0.5, 0.6) is 0 Å². The first-order chi connectivity index (χ1) is 10.3. The third-order valence-corrected chi connectivity index (χ3v) is 4.06. The van der Waals surface area contributed by atoms with Crippen LogP contribution in [0.25, 0.3) is 10.8 Å². The Morgan fingerprint density at radius 2 is 1.76 bits per heavy atom. The van der Waals surface area contributed by atoms with Crippen molar-refractivity contribution in [3.8, 4) is 0 Å². The van der Waals surface area contributed by atoms with Gasteiger partial charge in [-0.15, -0.1) is 0 Å². The second-order valence-corrected chi connectivity index (χ2v) is 5.78. The summed E-state index contributed by atoms with van der Waals surface area (Å²) in [6.07, 6.45) is 10.9. The highest BCUT2D eigenvalue weighted by Crippen LogP contribution is 2.26. The van der Waals surface area contributed by atoms with Gasteiger partial charge in [-0.25, -0.2) is 0 Å². The van der Waals surface area contributed by atoms with E-state index in [2.05, 4.69) is 61.5 Å². The molecule has 0 unspecified atom stereocenters. The summed E-state index contributed by atoms with van der Waals surface area (Å²) in [6, 6.07) is 15.2. The first kappa shape index (κ1) is 15.8. The minimum Gasteiger partial charge on any atom is -0.330 e. The normalized spacial score (nSPS) is 13.0. The van der Waals surface area contributed by atoms with E-state index in [4.69, 9.17) is 5.73 Å². The molecule has 0 radical (unpaired) electrons. The fraction of sp³-hybridized carbons (Fsp3) is 0.400. The van der Waals surface area contributed by atoms with Crippen LogP contribution in [0.15, 0.2) is 54.6 Å². The van der Waals surface area contributed by atoms with Gasteiger partial charge in [-0.1, -0.05) is 74.4 Å². The molecule has 0 fully saturated rings. The van der Waals surface area contributed by atoms with Gasteiger partial charge in [0, 0.05) is 1.43 Å². The summed E-state index contributed by atoms with van der Waals surface area (Å²) in [4.78, 5) is 0. The Labute approximate surface area is 130 Å². The van der Waals surface area contributed by atoms with Crippen molar-refractivity contribution in [2.75, 3.05) is 6.54 Å². The average molecular weight is 283 g/mol. The molecule has 0 amide bonds. The van der Waals surface area contributed by atoms with Crippen LogP contribution in [0.4, 0.5) is 0 Å². The topological polar surface area (TPSA) is 26.0 Å². The lowest BCUT2D eigenvalue weighted by Gasteiger charge is -2.11. The Morgan fingerprint density at radius 3 is 2.62 bits per heavy atom. The molecule has 0 aliphatic heterocycles. The maximum atomic E-state index is 5.50. The number of unbranched alkanes of at least 4 members (excludes halogenated alkanes) is 4. The Kier molecular flexibility index (Phi) is 6.49. The zero-order chi connectivity index (χ0) is 14.9. The van der Waals surface area contributed by atoms with E-state index in [0.29, 0.717) is 5.92 Å². The molecule has 21 heavy (non-hydrogen) atoms. The molecule has 0 spiro atoms. The minimum atomic E-state index is 0. The van der Waals surface area contributed by atoms with Crippen LogP contribution in [-0.2, 0) is 0 Å². The lowest BCUT2D eigenvalue weighted by molar-refractivity contribution is 0.652. The molecule has 0 aliphatic rings. The summed E-state index contributed by atoms with van der Waals surface area (Å²) in [5.74, 6) is 0.472. The smallest absolute Gasteiger partial charge is 0 e. The zero-order valence-electron chi connectivity index (χ0n) is 13.1. The van der Waals surface area contributed by atoms with Crippen molar-refractivity contribution in [1.29, 1.82) is 0 Å². The summed E-state index contributed by atoms with van der Waals surface area (Å²) < 4.78 is 0. The van der Waals surface area contributed by atoms with Crippen LogP contribution < -0.4 is 5.73 Å². The van der Waals surface area contributed by atoms with Crippen molar-refractivity contribution >= 4 is 10.8 Å². The third kappa shape index (κ3) is 4.71. The molecule has 0 saturated heterocycles. The number of nitrogens with two attached hydrogens (primary N) is 1. The molecule has 1 heteroatoms. The van der Waals surface area contributed by atoms with Gasteiger partial charge < -0.3 is 5.73 Å². The largest absolute Gasteiger partial charge is 0.330 e. The summed E-state index contributed by atoms with van der Waals surface area (Å²) >= 11 is 0.